The van der Waals surface area contributed by atoms with Gasteiger partial charge in [0, 0.05) is 19.1 Å². The third-order valence-electron chi connectivity index (χ3n) is 3.23. The standard InChI is InChI=1S/C13H27N3O/c1-4-16(11-5-6-11)8-7-15-13(17)12(14)9-10(2)3/h10-12H,4-9,14H2,1-3H3,(H,15,17)/t12-/m1/s1. The van der Waals surface area contributed by atoms with Gasteiger partial charge in [0.25, 0.3) is 0 Å². The molecule has 0 heterocycles. The second kappa shape index (κ2) is 6.97. The Morgan fingerprint density at radius 2 is 2.12 bits per heavy atom. The SMILES string of the molecule is CCN(CCNC(=O)[C@H](N)CC(C)C)C1CC1. The third kappa shape index (κ3) is 5.50. The van der Waals surface area contributed by atoms with Crippen LogP contribution in [0.3, 0.4) is 0 Å². The quantitative estimate of drug-likeness (QED) is 0.665. The molecule has 0 saturated heterocycles. The molecule has 1 aliphatic rings. The normalized spacial score (nSPS) is 17.5. The maximum absolute atomic E-state index is 11.7. The highest BCUT2D eigenvalue weighted by atomic mass is 16.2. The van der Waals surface area contributed by atoms with E-state index < -0.39 is 0 Å². The first-order valence-corrected chi connectivity index (χ1v) is 6.82. The first kappa shape index (κ1) is 14.5. The predicted molar refractivity (Wildman–Crippen MR) is 70.7 cm³/mol. The predicted octanol–water partition coefficient (Wildman–Crippen LogP) is 0.960. The minimum atomic E-state index is -0.356. The summed E-state index contributed by atoms with van der Waals surface area (Å²) in [4.78, 5) is 14.1. The van der Waals surface area contributed by atoms with Crippen molar-refractivity contribution in [1.29, 1.82) is 0 Å². The van der Waals surface area contributed by atoms with E-state index in [2.05, 4.69) is 31.0 Å². The average molecular weight is 241 g/mol. The Hall–Kier alpha value is -0.610. The number of carbonyl (C=O) groups is 1. The molecule has 3 N–H and O–H groups in total. The van der Waals surface area contributed by atoms with Gasteiger partial charge in [-0.25, -0.2) is 0 Å². The second-order valence-electron chi connectivity index (χ2n) is 5.39. The maximum atomic E-state index is 11.7. The molecule has 0 radical (unpaired) electrons. The summed E-state index contributed by atoms with van der Waals surface area (Å²) in [7, 11) is 0. The number of nitrogens with two attached hydrogens (primary N) is 1. The zero-order valence-electron chi connectivity index (χ0n) is 11.4. The molecule has 1 saturated carbocycles. The van der Waals surface area contributed by atoms with Gasteiger partial charge in [-0.2, -0.15) is 0 Å². The molecular weight excluding hydrogens is 214 g/mol. The van der Waals surface area contributed by atoms with Crippen LogP contribution in [0.4, 0.5) is 0 Å². The van der Waals surface area contributed by atoms with Crippen molar-refractivity contribution in [2.75, 3.05) is 19.6 Å². The van der Waals surface area contributed by atoms with Crippen LogP contribution in [0.1, 0.15) is 40.0 Å². The number of hydrogen-bond donors (Lipinski definition) is 2. The summed E-state index contributed by atoms with van der Waals surface area (Å²) in [6, 6.07) is 0.409. The van der Waals surface area contributed by atoms with Gasteiger partial charge in [0.1, 0.15) is 0 Å². The summed E-state index contributed by atoms with van der Waals surface area (Å²) in [5.74, 6) is 0.458. The van der Waals surface area contributed by atoms with Crippen molar-refractivity contribution in [2.45, 2.75) is 52.1 Å². The zero-order valence-corrected chi connectivity index (χ0v) is 11.4. The van der Waals surface area contributed by atoms with Gasteiger partial charge >= 0.3 is 0 Å². The monoisotopic (exact) mass is 241 g/mol. The summed E-state index contributed by atoms with van der Waals surface area (Å²) in [6.07, 6.45) is 3.38. The molecule has 0 aliphatic heterocycles. The highest BCUT2D eigenvalue weighted by molar-refractivity contribution is 5.81. The fourth-order valence-corrected chi connectivity index (χ4v) is 2.11. The maximum Gasteiger partial charge on any atom is 0.236 e. The Balaban J connectivity index is 2.14. The van der Waals surface area contributed by atoms with Crippen molar-refractivity contribution in [3.8, 4) is 0 Å². The van der Waals surface area contributed by atoms with E-state index in [0.717, 1.165) is 32.1 Å². The summed E-state index contributed by atoms with van der Waals surface area (Å²) in [5.41, 5.74) is 5.81. The lowest BCUT2D eigenvalue weighted by molar-refractivity contribution is -0.122. The molecular formula is C13H27N3O. The Morgan fingerprint density at radius 1 is 1.47 bits per heavy atom. The molecule has 17 heavy (non-hydrogen) atoms. The number of amides is 1. The fourth-order valence-electron chi connectivity index (χ4n) is 2.11. The van der Waals surface area contributed by atoms with E-state index in [1.54, 1.807) is 0 Å². The first-order chi connectivity index (χ1) is 8.04. The van der Waals surface area contributed by atoms with E-state index in [4.69, 9.17) is 5.73 Å². The van der Waals surface area contributed by atoms with Crippen LogP contribution in [-0.4, -0.2) is 42.5 Å². The van der Waals surface area contributed by atoms with Crippen molar-refractivity contribution in [3.05, 3.63) is 0 Å². The highest BCUT2D eigenvalue weighted by Crippen LogP contribution is 2.25. The van der Waals surface area contributed by atoms with Crippen molar-refractivity contribution in [2.24, 2.45) is 11.7 Å². The number of rotatable bonds is 8. The Labute approximate surface area is 105 Å². The molecule has 4 heteroatoms. The van der Waals surface area contributed by atoms with Crippen LogP contribution < -0.4 is 11.1 Å². The average Bonchev–Trinajstić information content (AvgIpc) is 3.07. The third-order valence-corrected chi connectivity index (χ3v) is 3.23. The van der Waals surface area contributed by atoms with Crippen LogP contribution in [0, 0.1) is 5.92 Å². The molecule has 100 valence electrons. The lowest BCUT2D eigenvalue weighted by atomic mass is 10.0. The Morgan fingerprint density at radius 3 is 2.59 bits per heavy atom. The first-order valence-electron chi connectivity index (χ1n) is 6.82. The zero-order chi connectivity index (χ0) is 12.8. The highest BCUT2D eigenvalue weighted by Gasteiger charge is 2.27. The van der Waals surface area contributed by atoms with Crippen LogP contribution in [0.5, 0.6) is 0 Å². The molecule has 0 aromatic carbocycles. The number of nitrogens with zero attached hydrogens (tertiary/aromatic N) is 1. The van der Waals surface area contributed by atoms with E-state index in [-0.39, 0.29) is 11.9 Å². The van der Waals surface area contributed by atoms with Crippen molar-refractivity contribution >= 4 is 5.91 Å². The van der Waals surface area contributed by atoms with Crippen molar-refractivity contribution in [1.82, 2.24) is 10.2 Å². The molecule has 0 aromatic rings. The lowest BCUT2D eigenvalue weighted by Crippen LogP contribution is -2.44. The van der Waals surface area contributed by atoms with E-state index in [1.807, 2.05) is 0 Å². The number of nitrogens with one attached hydrogen (secondary N) is 1. The molecule has 0 bridgehead atoms. The second-order valence-corrected chi connectivity index (χ2v) is 5.39. The summed E-state index contributed by atoms with van der Waals surface area (Å²) in [5, 5.41) is 2.93. The van der Waals surface area contributed by atoms with Gasteiger partial charge in [-0.1, -0.05) is 20.8 Å². The van der Waals surface area contributed by atoms with Gasteiger partial charge < -0.3 is 11.1 Å². The smallest absolute Gasteiger partial charge is 0.236 e. The number of carbonyl (C=O) groups excluding carboxylic acids is 1. The van der Waals surface area contributed by atoms with Crippen LogP contribution >= 0.6 is 0 Å². The molecule has 1 amide bonds. The van der Waals surface area contributed by atoms with Gasteiger partial charge in [0.05, 0.1) is 6.04 Å². The molecule has 0 spiro atoms. The van der Waals surface area contributed by atoms with E-state index in [0.29, 0.717) is 5.92 Å². The van der Waals surface area contributed by atoms with Crippen LogP contribution in [0.2, 0.25) is 0 Å². The van der Waals surface area contributed by atoms with Crippen LogP contribution in [-0.2, 0) is 4.79 Å². The Kier molecular flexibility index (Phi) is 5.92. The van der Waals surface area contributed by atoms with Crippen LogP contribution in [0.15, 0.2) is 0 Å². The fraction of sp³-hybridized carbons (Fsp3) is 0.923. The minimum absolute atomic E-state index is 0.00875. The lowest BCUT2D eigenvalue weighted by Gasteiger charge is -2.20. The molecule has 1 atom stereocenters. The largest absolute Gasteiger partial charge is 0.353 e. The molecule has 0 unspecified atom stereocenters. The van der Waals surface area contributed by atoms with Gasteiger partial charge in [0.2, 0.25) is 5.91 Å². The van der Waals surface area contributed by atoms with Gasteiger partial charge in [-0.05, 0) is 31.7 Å². The molecule has 1 aliphatic carbocycles. The van der Waals surface area contributed by atoms with E-state index in [1.165, 1.54) is 12.8 Å². The Bertz CT molecular complexity index is 239. The van der Waals surface area contributed by atoms with Crippen molar-refractivity contribution < 1.29 is 4.79 Å². The summed E-state index contributed by atoms with van der Waals surface area (Å²) < 4.78 is 0. The molecule has 1 rings (SSSR count). The van der Waals surface area contributed by atoms with Gasteiger partial charge in [0.15, 0.2) is 0 Å². The van der Waals surface area contributed by atoms with E-state index in [9.17, 15) is 4.79 Å². The number of hydrogen-bond acceptors (Lipinski definition) is 3. The molecule has 1 fully saturated rings. The summed E-state index contributed by atoms with van der Waals surface area (Å²) in [6.45, 7) is 9.07. The summed E-state index contributed by atoms with van der Waals surface area (Å²) >= 11 is 0. The topological polar surface area (TPSA) is 58.4 Å². The molecule has 4 nitrogen and oxygen atoms in total. The van der Waals surface area contributed by atoms with E-state index >= 15 is 0 Å². The van der Waals surface area contributed by atoms with Crippen LogP contribution in [0.25, 0.3) is 0 Å². The van der Waals surface area contributed by atoms with Gasteiger partial charge in [-0.15, -0.1) is 0 Å². The molecule has 0 aromatic heterocycles. The minimum Gasteiger partial charge on any atom is -0.353 e. The van der Waals surface area contributed by atoms with Crippen molar-refractivity contribution in [3.63, 3.8) is 0 Å². The van der Waals surface area contributed by atoms with Gasteiger partial charge in [-0.3, -0.25) is 9.69 Å². The number of likely N-dealkylation sites (N-methyl/N-ethyl adjacent to an activating group) is 1.